The summed E-state index contributed by atoms with van der Waals surface area (Å²) in [4.78, 5) is 0. The Bertz CT molecular complexity index is 338. The van der Waals surface area contributed by atoms with Gasteiger partial charge >= 0.3 is 0 Å². The predicted molar refractivity (Wildman–Crippen MR) is 82.2 cm³/mol. The van der Waals surface area contributed by atoms with Crippen LogP contribution in [0.3, 0.4) is 0 Å². The van der Waals surface area contributed by atoms with Gasteiger partial charge in [-0.15, -0.1) is 0 Å². The van der Waals surface area contributed by atoms with Crippen LogP contribution >= 0.6 is 12.6 Å². The van der Waals surface area contributed by atoms with Crippen LogP contribution in [-0.4, -0.2) is 12.3 Å². The highest BCUT2D eigenvalue weighted by Gasteiger charge is 2.27. The fourth-order valence-electron chi connectivity index (χ4n) is 3.17. The number of hydrogen-bond donors (Lipinski definition) is 2. The third kappa shape index (κ3) is 3.52. The van der Waals surface area contributed by atoms with E-state index in [4.69, 9.17) is 12.6 Å². The van der Waals surface area contributed by atoms with Crippen molar-refractivity contribution in [3.8, 4) is 0 Å². The largest absolute Gasteiger partial charge is 0.313 e. The lowest BCUT2D eigenvalue weighted by atomic mass is 9.82. The quantitative estimate of drug-likeness (QED) is 0.778. The Balaban J connectivity index is 2.14. The first-order valence-corrected chi connectivity index (χ1v) is 7.75. The van der Waals surface area contributed by atoms with Gasteiger partial charge in [0.2, 0.25) is 0 Å². The van der Waals surface area contributed by atoms with Crippen molar-refractivity contribution in [2.24, 2.45) is 5.92 Å². The van der Waals surface area contributed by atoms with Gasteiger partial charge in [-0.2, -0.15) is 12.6 Å². The van der Waals surface area contributed by atoms with Crippen LogP contribution in [0.4, 0.5) is 0 Å². The van der Waals surface area contributed by atoms with Crippen LogP contribution in [0.25, 0.3) is 0 Å². The fraction of sp³-hybridized carbons (Fsp3) is 0.625. The van der Waals surface area contributed by atoms with Crippen molar-refractivity contribution in [3.63, 3.8) is 0 Å². The van der Waals surface area contributed by atoms with Gasteiger partial charge in [-0.1, -0.05) is 56.0 Å². The number of rotatable bonds is 3. The minimum atomic E-state index is 0.451. The first-order valence-electron chi connectivity index (χ1n) is 7.23. The van der Waals surface area contributed by atoms with E-state index < -0.39 is 0 Å². The summed E-state index contributed by atoms with van der Waals surface area (Å²) < 4.78 is 0. The van der Waals surface area contributed by atoms with Crippen LogP contribution in [0.15, 0.2) is 30.3 Å². The van der Waals surface area contributed by atoms with E-state index in [1.807, 2.05) is 0 Å². The SMILES string of the molecule is CN[C@H](c1ccccc1)[C@H]1CCCCCC[C@H]1S. The summed E-state index contributed by atoms with van der Waals surface area (Å²) in [6.45, 7) is 0. The van der Waals surface area contributed by atoms with Gasteiger partial charge in [0.1, 0.15) is 0 Å². The van der Waals surface area contributed by atoms with E-state index in [1.54, 1.807) is 0 Å². The molecule has 0 bridgehead atoms. The summed E-state index contributed by atoms with van der Waals surface area (Å²) in [7, 11) is 2.08. The molecule has 1 nitrogen and oxygen atoms in total. The Kier molecular flexibility index (Phi) is 5.58. The molecule has 1 fully saturated rings. The molecule has 18 heavy (non-hydrogen) atoms. The lowest BCUT2D eigenvalue weighted by Crippen LogP contribution is -2.32. The van der Waals surface area contributed by atoms with Crippen molar-refractivity contribution in [3.05, 3.63) is 35.9 Å². The second kappa shape index (κ2) is 7.20. The molecule has 1 aromatic rings. The summed E-state index contributed by atoms with van der Waals surface area (Å²) in [5.41, 5.74) is 1.41. The van der Waals surface area contributed by atoms with E-state index in [2.05, 4.69) is 42.7 Å². The van der Waals surface area contributed by atoms with E-state index in [0.717, 1.165) is 0 Å². The fourth-order valence-corrected chi connectivity index (χ4v) is 3.67. The highest BCUT2D eigenvalue weighted by atomic mass is 32.1. The molecule has 1 aliphatic carbocycles. The van der Waals surface area contributed by atoms with Crippen LogP contribution in [0.2, 0.25) is 0 Å². The topological polar surface area (TPSA) is 12.0 Å². The van der Waals surface area contributed by atoms with E-state index in [9.17, 15) is 0 Å². The first kappa shape index (κ1) is 14.0. The summed E-state index contributed by atoms with van der Waals surface area (Å²) in [5, 5.41) is 4.05. The Morgan fingerprint density at radius 2 is 1.72 bits per heavy atom. The molecule has 0 aromatic heterocycles. The second-order valence-corrected chi connectivity index (χ2v) is 6.06. The zero-order valence-corrected chi connectivity index (χ0v) is 12.2. The molecule has 0 aliphatic heterocycles. The van der Waals surface area contributed by atoms with Crippen molar-refractivity contribution in [2.75, 3.05) is 7.05 Å². The average Bonchev–Trinajstić information content (AvgIpc) is 2.39. The predicted octanol–water partition coefficient (Wildman–Crippen LogP) is 4.22. The highest BCUT2D eigenvalue weighted by molar-refractivity contribution is 7.81. The third-order valence-corrected chi connectivity index (χ3v) is 4.82. The molecule has 0 saturated heterocycles. The monoisotopic (exact) mass is 263 g/mol. The van der Waals surface area contributed by atoms with Gasteiger partial charge < -0.3 is 5.32 Å². The van der Waals surface area contributed by atoms with E-state index in [0.29, 0.717) is 17.2 Å². The molecular weight excluding hydrogens is 238 g/mol. The van der Waals surface area contributed by atoms with Crippen LogP contribution in [0.1, 0.15) is 50.1 Å². The van der Waals surface area contributed by atoms with Gasteiger partial charge in [0, 0.05) is 11.3 Å². The van der Waals surface area contributed by atoms with Gasteiger partial charge in [-0.3, -0.25) is 0 Å². The second-order valence-electron chi connectivity index (χ2n) is 5.40. The minimum Gasteiger partial charge on any atom is -0.313 e. The maximum Gasteiger partial charge on any atom is 0.0356 e. The molecule has 0 amide bonds. The molecule has 0 spiro atoms. The van der Waals surface area contributed by atoms with Gasteiger partial charge in [-0.05, 0) is 31.4 Å². The van der Waals surface area contributed by atoms with Gasteiger partial charge in [0.25, 0.3) is 0 Å². The number of nitrogens with one attached hydrogen (secondary N) is 1. The normalized spacial score (nSPS) is 27.2. The molecule has 0 unspecified atom stereocenters. The third-order valence-electron chi connectivity index (χ3n) is 4.18. The van der Waals surface area contributed by atoms with Crippen LogP contribution in [-0.2, 0) is 0 Å². The standard InChI is InChI=1S/C16H25NS/c1-17-16(13-9-5-4-6-10-13)14-11-7-2-3-8-12-15(14)18/h4-6,9-10,14-18H,2-3,7-8,11-12H2,1H3/t14-,15+,16+/m0/s1. The Morgan fingerprint density at radius 3 is 2.39 bits per heavy atom. The maximum atomic E-state index is 4.88. The van der Waals surface area contributed by atoms with E-state index >= 15 is 0 Å². The number of benzene rings is 1. The van der Waals surface area contributed by atoms with Crippen molar-refractivity contribution in [1.29, 1.82) is 0 Å². The zero-order chi connectivity index (χ0) is 12.8. The molecule has 0 radical (unpaired) electrons. The van der Waals surface area contributed by atoms with Crippen molar-refractivity contribution in [1.82, 2.24) is 5.32 Å². The lowest BCUT2D eigenvalue weighted by molar-refractivity contribution is 0.309. The minimum absolute atomic E-state index is 0.451. The summed E-state index contributed by atoms with van der Waals surface area (Å²) in [5.74, 6) is 0.654. The highest BCUT2D eigenvalue weighted by Crippen LogP contribution is 2.35. The molecular formula is C16H25NS. The maximum absolute atomic E-state index is 4.88. The molecule has 0 heterocycles. The van der Waals surface area contributed by atoms with Crippen LogP contribution in [0, 0.1) is 5.92 Å². The first-order chi connectivity index (χ1) is 8.83. The Morgan fingerprint density at radius 1 is 1.06 bits per heavy atom. The molecule has 1 N–H and O–H groups in total. The lowest BCUT2D eigenvalue weighted by Gasteiger charge is -2.33. The summed E-state index contributed by atoms with van der Waals surface area (Å²) in [6, 6.07) is 11.3. The molecule has 1 aliphatic rings. The zero-order valence-electron chi connectivity index (χ0n) is 11.3. The molecule has 3 atom stereocenters. The van der Waals surface area contributed by atoms with Crippen LogP contribution in [0.5, 0.6) is 0 Å². The molecule has 1 saturated carbocycles. The molecule has 1 aromatic carbocycles. The molecule has 2 rings (SSSR count). The summed E-state index contributed by atoms with van der Waals surface area (Å²) >= 11 is 4.88. The van der Waals surface area contributed by atoms with Crippen molar-refractivity contribution in [2.45, 2.75) is 49.8 Å². The van der Waals surface area contributed by atoms with Crippen molar-refractivity contribution >= 4 is 12.6 Å². The van der Waals surface area contributed by atoms with Gasteiger partial charge in [-0.25, -0.2) is 0 Å². The average molecular weight is 263 g/mol. The molecule has 2 heteroatoms. The number of thiol groups is 1. The molecule has 100 valence electrons. The van der Waals surface area contributed by atoms with Gasteiger partial charge in [0.15, 0.2) is 0 Å². The number of hydrogen-bond acceptors (Lipinski definition) is 2. The Labute approximate surface area is 117 Å². The van der Waals surface area contributed by atoms with Crippen molar-refractivity contribution < 1.29 is 0 Å². The van der Waals surface area contributed by atoms with Gasteiger partial charge in [0.05, 0.1) is 0 Å². The van der Waals surface area contributed by atoms with E-state index in [-0.39, 0.29) is 0 Å². The van der Waals surface area contributed by atoms with Crippen LogP contribution < -0.4 is 5.32 Å². The smallest absolute Gasteiger partial charge is 0.0356 e. The Hall–Kier alpha value is -0.470. The van der Waals surface area contributed by atoms with E-state index in [1.165, 1.54) is 44.1 Å². The summed E-state index contributed by atoms with van der Waals surface area (Å²) in [6.07, 6.45) is 8.04.